The topological polar surface area (TPSA) is 52.0 Å². The van der Waals surface area contributed by atoms with Crippen LogP contribution < -0.4 is 0 Å². The number of hydrogen-bond donors (Lipinski definition) is 0. The number of aryl methyl sites for hydroxylation is 1. The minimum Gasteiger partial charge on any atom is -0.334 e. The highest BCUT2D eigenvalue weighted by Gasteiger charge is 2.26. The minimum atomic E-state index is -3.61. The van der Waals surface area contributed by atoms with E-state index in [2.05, 4.69) is 4.98 Å². The van der Waals surface area contributed by atoms with Gasteiger partial charge in [-0.15, -0.1) is 0 Å². The van der Waals surface area contributed by atoms with Crippen molar-refractivity contribution in [3.05, 3.63) is 36.2 Å². The summed E-state index contributed by atoms with van der Waals surface area (Å²) in [5.74, 6) is 0.0600. The summed E-state index contributed by atoms with van der Waals surface area (Å²) in [6, 6.07) is 3.90. The van der Waals surface area contributed by atoms with Crippen molar-refractivity contribution in [2.45, 2.75) is 18.2 Å². The molecular formula is C13H14F2N2O2S. The summed E-state index contributed by atoms with van der Waals surface area (Å²) in [5.41, 5.74) is -0.342. The minimum absolute atomic E-state index is 0.0168. The van der Waals surface area contributed by atoms with Crippen molar-refractivity contribution < 1.29 is 17.2 Å². The summed E-state index contributed by atoms with van der Waals surface area (Å²) in [6.45, 7) is 1.48. The first kappa shape index (κ1) is 14.6. The van der Waals surface area contributed by atoms with Crippen LogP contribution in [0.15, 0.2) is 35.5 Å². The zero-order valence-corrected chi connectivity index (χ0v) is 11.9. The second-order valence-electron chi connectivity index (χ2n) is 4.29. The summed E-state index contributed by atoms with van der Waals surface area (Å²) in [7, 11) is -1.98. The molecule has 1 aromatic carbocycles. The van der Waals surface area contributed by atoms with Gasteiger partial charge in [0.25, 0.3) is 6.43 Å². The van der Waals surface area contributed by atoms with Gasteiger partial charge in [0.1, 0.15) is 5.82 Å². The van der Waals surface area contributed by atoms with E-state index in [9.17, 15) is 17.2 Å². The third-order valence-electron chi connectivity index (χ3n) is 3.05. The molecule has 0 aliphatic carbocycles. The molecule has 0 aliphatic rings. The molecule has 7 heteroatoms. The predicted octanol–water partition coefficient (Wildman–Crippen LogP) is 2.82. The molecule has 0 spiro atoms. The molecule has 0 saturated carbocycles. The van der Waals surface area contributed by atoms with Gasteiger partial charge < -0.3 is 4.57 Å². The Bertz CT molecular complexity index is 724. The number of imidazole rings is 1. The van der Waals surface area contributed by atoms with E-state index in [0.29, 0.717) is 0 Å². The van der Waals surface area contributed by atoms with Crippen LogP contribution >= 0.6 is 0 Å². The quantitative estimate of drug-likeness (QED) is 0.872. The molecule has 0 saturated heterocycles. The Kier molecular flexibility index (Phi) is 3.89. The lowest BCUT2D eigenvalue weighted by atomic mass is 10.1. The van der Waals surface area contributed by atoms with Gasteiger partial charge >= 0.3 is 0 Å². The number of alkyl halides is 2. The highest BCUT2D eigenvalue weighted by atomic mass is 32.2. The second-order valence-corrected chi connectivity index (χ2v) is 6.53. The summed E-state index contributed by atoms with van der Waals surface area (Å²) >= 11 is 0. The molecule has 0 unspecified atom stereocenters. The zero-order valence-electron chi connectivity index (χ0n) is 11.0. The van der Waals surface area contributed by atoms with Crippen molar-refractivity contribution in [2.24, 2.45) is 7.05 Å². The lowest BCUT2D eigenvalue weighted by molar-refractivity contribution is 0.151. The Labute approximate surface area is 116 Å². The Morgan fingerprint density at radius 1 is 1.35 bits per heavy atom. The standard InChI is InChI=1S/C13H14F2N2O2S/c1-3-20(18,19)10-6-4-5-9(12(14)15)11(10)13-16-7-8-17(13)2/h4-8,12H,3H2,1-2H3. The maximum absolute atomic E-state index is 13.2. The molecule has 2 aromatic rings. The van der Waals surface area contributed by atoms with Crippen LogP contribution in [0.5, 0.6) is 0 Å². The fraction of sp³-hybridized carbons (Fsp3) is 0.308. The van der Waals surface area contributed by atoms with Crippen molar-refractivity contribution in [1.29, 1.82) is 0 Å². The van der Waals surface area contributed by atoms with Crippen molar-refractivity contribution in [2.75, 3.05) is 5.75 Å². The molecule has 0 N–H and O–H groups in total. The number of sulfone groups is 1. The fourth-order valence-electron chi connectivity index (χ4n) is 1.99. The van der Waals surface area contributed by atoms with Gasteiger partial charge in [-0.1, -0.05) is 19.1 Å². The molecule has 0 amide bonds. The maximum atomic E-state index is 13.2. The fourth-order valence-corrected chi connectivity index (χ4v) is 3.11. The molecular weight excluding hydrogens is 286 g/mol. The number of hydrogen-bond acceptors (Lipinski definition) is 3. The highest BCUT2D eigenvalue weighted by Crippen LogP contribution is 2.35. The SMILES string of the molecule is CCS(=O)(=O)c1cccc(C(F)F)c1-c1nccn1C. The van der Waals surface area contributed by atoms with Gasteiger partial charge in [-0.25, -0.2) is 22.2 Å². The van der Waals surface area contributed by atoms with E-state index in [1.165, 1.54) is 35.9 Å². The van der Waals surface area contributed by atoms with Gasteiger partial charge in [0.2, 0.25) is 0 Å². The van der Waals surface area contributed by atoms with Crippen molar-refractivity contribution in [1.82, 2.24) is 9.55 Å². The average molecular weight is 300 g/mol. The molecule has 4 nitrogen and oxygen atoms in total. The molecule has 108 valence electrons. The van der Waals surface area contributed by atoms with Gasteiger partial charge in [-0.3, -0.25) is 0 Å². The molecule has 2 rings (SSSR count). The lowest BCUT2D eigenvalue weighted by Gasteiger charge is -2.14. The molecule has 20 heavy (non-hydrogen) atoms. The van der Waals surface area contributed by atoms with Gasteiger partial charge in [0, 0.05) is 30.6 Å². The number of benzene rings is 1. The van der Waals surface area contributed by atoms with E-state index in [1.54, 1.807) is 13.2 Å². The molecule has 0 fully saturated rings. The first-order valence-corrected chi connectivity index (χ1v) is 7.65. The maximum Gasteiger partial charge on any atom is 0.264 e. The van der Waals surface area contributed by atoms with Crippen LogP contribution in [0.1, 0.15) is 18.9 Å². The Balaban J connectivity index is 2.84. The van der Waals surface area contributed by atoms with Crippen LogP contribution in [0.2, 0.25) is 0 Å². The molecule has 0 bridgehead atoms. The van der Waals surface area contributed by atoms with E-state index in [1.807, 2.05) is 0 Å². The molecule has 0 atom stereocenters. The van der Waals surface area contributed by atoms with Crippen LogP contribution in [-0.2, 0) is 16.9 Å². The first-order valence-electron chi connectivity index (χ1n) is 6.00. The van der Waals surface area contributed by atoms with Crippen molar-refractivity contribution >= 4 is 9.84 Å². The van der Waals surface area contributed by atoms with Crippen LogP contribution in [0.3, 0.4) is 0 Å². The van der Waals surface area contributed by atoms with Crippen molar-refractivity contribution in [3.8, 4) is 11.4 Å². The number of aromatic nitrogens is 2. The Morgan fingerprint density at radius 3 is 2.55 bits per heavy atom. The molecule has 1 heterocycles. The van der Waals surface area contributed by atoms with Gasteiger partial charge in [-0.05, 0) is 6.07 Å². The second kappa shape index (κ2) is 5.32. The summed E-state index contributed by atoms with van der Waals surface area (Å²) in [4.78, 5) is 3.90. The van der Waals surface area contributed by atoms with Crippen LogP contribution in [0.25, 0.3) is 11.4 Å². The van der Waals surface area contributed by atoms with E-state index in [4.69, 9.17) is 0 Å². The Morgan fingerprint density at radius 2 is 2.05 bits per heavy atom. The van der Waals surface area contributed by atoms with E-state index in [0.717, 1.165) is 0 Å². The number of halogens is 2. The average Bonchev–Trinajstić information content (AvgIpc) is 2.83. The normalized spacial score (nSPS) is 12.1. The van der Waals surface area contributed by atoms with Crippen molar-refractivity contribution in [3.63, 3.8) is 0 Å². The monoisotopic (exact) mass is 300 g/mol. The summed E-state index contributed by atoms with van der Waals surface area (Å²) in [6.07, 6.45) is 0.258. The molecule has 0 aliphatic heterocycles. The lowest BCUT2D eigenvalue weighted by Crippen LogP contribution is -2.09. The van der Waals surface area contributed by atoms with Gasteiger partial charge in [-0.2, -0.15) is 0 Å². The predicted molar refractivity (Wildman–Crippen MR) is 71.3 cm³/mol. The third-order valence-corrected chi connectivity index (χ3v) is 4.82. The highest BCUT2D eigenvalue weighted by molar-refractivity contribution is 7.91. The Hall–Kier alpha value is -1.76. The molecule has 1 aromatic heterocycles. The number of nitrogens with zero attached hydrogens (tertiary/aromatic N) is 2. The van der Waals surface area contributed by atoms with E-state index >= 15 is 0 Å². The van der Waals surface area contributed by atoms with Gasteiger partial charge in [0.15, 0.2) is 9.84 Å². The van der Waals surface area contributed by atoms with Gasteiger partial charge in [0.05, 0.1) is 10.6 Å². The summed E-state index contributed by atoms with van der Waals surface area (Å²) < 4.78 is 52.1. The largest absolute Gasteiger partial charge is 0.334 e. The van der Waals surface area contributed by atoms with Crippen LogP contribution in [0, 0.1) is 0 Å². The third kappa shape index (κ3) is 2.45. The first-order chi connectivity index (χ1) is 9.38. The summed E-state index contributed by atoms with van der Waals surface area (Å²) in [5, 5.41) is 0. The molecule has 0 radical (unpaired) electrons. The van der Waals surface area contributed by atoms with E-state index < -0.39 is 16.3 Å². The number of rotatable bonds is 4. The smallest absolute Gasteiger partial charge is 0.264 e. The van der Waals surface area contributed by atoms with Crippen LogP contribution in [0.4, 0.5) is 8.78 Å². The van der Waals surface area contributed by atoms with E-state index in [-0.39, 0.29) is 27.6 Å². The van der Waals surface area contributed by atoms with Crippen LogP contribution in [-0.4, -0.2) is 23.7 Å². The zero-order chi connectivity index (χ0) is 14.9.